The third kappa shape index (κ3) is 4.59. The van der Waals surface area contributed by atoms with Crippen molar-refractivity contribution in [1.82, 2.24) is 9.88 Å². The maximum absolute atomic E-state index is 6.33. The Morgan fingerprint density at radius 3 is 2.80 bits per heavy atom. The van der Waals surface area contributed by atoms with Crippen LogP contribution in [0.3, 0.4) is 0 Å². The SMILES string of the molecule is C=C(c1cncc(CSc2c(C)cccc2Cl)c1)N1CCC(C)CC1. The number of piperidine rings is 1. The molecule has 132 valence electrons. The molecular weight excluding hydrogens is 348 g/mol. The van der Waals surface area contributed by atoms with Crippen LogP contribution in [0.2, 0.25) is 5.02 Å². The molecule has 4 heteroatoms. The number of benzene rings is 1. The van der Waals surface area contributed by atoms with E-state index < -0.39 is 0 Å². The van der Waals surface area contributed by atoms with Gasteiger partial charge in [-0.15, -0.1) is 11.8 Å². The molecule has 2 nitrogen and oxygen atoms in total. The summed E-state index contributed by atoms with van der Waals surface area (Å²) in [6.45, 7) is 10.9. The van der Waals surface area contributed by atoms with E-state index in [1.165, 1.54) is 24.0 Å². The van der Waals surface area contributed by atoms with Crippen molar-refractivity contribution in [2.24, 2.45) is 5.92 Å². The van der Waals surface area contributed by atoms with E-state index in [-0.39, 0.29) is 0 Å². The Morgan fingerprint density at radius 2 is 2.08 bits per heavy atom. The lowest BCUT2D eigenvalue weighted by Crippen LogP contribution is -2.31. The van der Waals surface area contributed by atoms with Gasteiger partial charge >= 0.3 is 0 Å². The topological polar surface area (TPSA) is 16.1 Å². The van der Waals surface area contributed by atoms with Crippen molar-refractivity contribution in [3.8, 4) is 0 Å². The Hall–Kier alpha value is -1.45. The molecule has 0 unspecified atom stereocenters. The lowest BCUT2D eigenvalue weighted by atomic mass is 9.98. The van der Waals surface area contributed by atoms with E-state index in [9.17, 15) is 0 Å². The van der Waals surface area contributed by atoms with Crippen LogP contribution in [0.15, 0.2) is 48.1 Å². The Kier molecular flexibility index (Phi) is 6.08. The summed E-state index contributed by atoms with van der Waals surface area (Å²) in [4.78, 5) is 7.99. The van der Waals surface area contributed by atoms with Gasteiger partial charge in [-0.3, -0.25) is 4.98 Å². The first-order valence-electron chi connectivity index (χ1n) is 8.80. The van der Waals surface area contributed by atoms with Gasteiger partial charge < -0.3 is 4.90 Å². The highest BCUT2D eigenvalue weighted by Crippen LogP contribution is 2.33. The van der Waals surface area contributed by atoms with Crippen molar-refractivity contribution in [3.63, 3.8) is 0 Å². The zero-order valence-corrected chi connectivity index (χ0v) is 16.5. The van der Waals surface area contributed by atoms with Gasteiger partial charge in [-0.1, -0.05) is 37.2 Å². The van der Waals surface area contributed by atoms with Gasteiger partial charge in [0.2, 0.25) is 0 Å². The third-order valence-corrected chi connectivity index (χ3v) is 6.58. The second-order valence-corrected chi connectivity index (χ2v) is 8.27. The maximum Gasteiger partial charge on any atom is 0.0544 e. The number of nitrogens with zero attached hydrogens (tertiary/aromatic N) is 2. The summed E-state index contributed by atoms with van der Waals surface area (Å²) in [6, 6.07) is 8.26. The number of aromatic nitrogens is 1. The fourth-order valence-corrected chi connectivity index (χ4v) is 4.50. The molecule has 0 bridgehead atoms. The second kappa shape index (κ2) is 8.29. The van der Waals surface area contributed by atoms with E-state index in [1.807, 2.05) is 24.5 Å². The molecular formula is C21H25ClN2S. The highest BCUT2D eigenvalue weighted by Gasteiger charge is 2.18. The molecule has 2 aromatic rings. The van der Waals surface area contributed by atoms with Crippen LogP contribution < -0.4 is 0 Å². The van der Waals surface area contributed by atoms with E-state index in [0.29, 0.717) is 0 Å². The maximum atomic E-state index is 6.33. The summed E-state index contributed by atoms with van der Waals surface area (Å²) >= 11 is 8.10. The van der Waals surface area contributed by atoms with Crippen LogP contribution in [0.25, 0.3) is 5.70 Å². The van der Waals surface area contributed by atoms with Crippen molar-refractivity contribution in [2.75, 3.05) is 13.1 Å². The summed E-state index contributed by atoms with van der Waals surface area (Å²) in [5.41, 5.74) is 4.64. The lowest BCUT2D eigenvalue weighted by Gasteiger charge is -2.33. The van der Waals surface area contributed by atoms with Gasteiger partial charge in [0.1, 0.15) is 0 Å². The van der Waals surface area contributed by atoms with Crippen LogP contribution in [-0.4, -0.2) is 23.0 Å². The quantitative estimate of drug-likeness (QED) is 0.595. The molecule has 1 saturated heterocycles. The highest BCUT2D eigenvalue weighted by atomic mass is 35.5. The minimum atomic E-state index is 0.820. The van der Waals surface area contributed by atoms with E-state index in [0.717, 1.165) is 45.9 Å². The number of hydrogen-bond acceptors (Lipinski definition) is 3. The summed E-state index contributed by atoms with van der Waals surface area (Å²) in [5, 5.41) is 0.820. The fraction of sp³-hybridized carbons (Fsp3) is 0.381. The number of likely N-dealkylation sites (tertiary alicyclic amines) is 1. The molecule has 1 aliphatic heterocycles. The van der Waals surface area contributed by atoms with Crippen molar-refractivity contribution in [1.29, 1.82) is 0 Å². The van der Waals surface area contributed by atoms with Crippen molar-refractivity contribution in [3.05, 3.63) is 65.0 Å². The lowest BCUT2D eigenvalue weighted by molar-refractivity contribution is 0.268. The van der Waals surface area contributed by atoms with Crippen LogP contribution in [0.5, 0.6) is 0 Å². The van der Waals surface area contributed by atoms with Gasteiger partial charge in [0.25, 0.3) is 0 Å². The molecule has 1 aromatic carbocycles. The molecule has 1 aliphatic rings. The summed E-state index contributed by atoms with van der Waals surface area (Å²) in [7, 11) is 0. The van der Waals surface area contributed by atoms with Crippen LogP contribution in [0, 0.1) is 12.8 Å². The number of halogens is 1. The minimum absolute atomic E-state index is 0.820. The first-order chi connectivity index (χ1) is 12.0. The van der Waals surface area contributed by atoms with Gasteiger partial charge in [-0.2, -0.15) is 0 Å². The van der Waals surface area contributed by atoms with E-state index in [2.05, 4.69) is 42.4 Å². The molecule has 1 fully saturated rings. The Labute approximate surface area is 160 Å². The predicted molar refractivity (Wildman–Crippen MR) is 109 cm³/mol. The van der Waals surface area contributed by atoms with E-state index >= 15 is 0 Å². The van der Waals surface area contributed by atoms with Crippen LogP contribution in [0.4, 0.5) is 0 Å². The number of thioether (sulfide) groups is 1. The average Bonchev–Trinajstić information content (AvgIpc) is 2.62. The molecule has 0 amide bonds. The van der Waals surface area contributed by atoms with Gasteiger partial charge in [0.05, 0.1) is 5.02 Å². The number of hydrogen-bond donors (Lipinski definition) is 0. The van der Waals surface area contributed by atoms with Crippen LogP contribution in [-0.2, 0) is 5.75 Å². The first-order valence-corrected chi connectivity index (χ1v) is 10.2. The van der Waals surface area contributed by atoms with Crippen LogP contribution in [0.1, 0.15) is 36.5 Å². The third-order valence-electron chi connectivity index (χ3n) is 4.84. The second-order valence-electron chi connectivity index (χ2n) is 6.87. The van der Waals surface area contributed by atoms with Crippen molar-refractivity contribution in [2.45, 2.75) is 37.3 Å². The summed E-state index contributed by atoms with van der Waals surface area (Å²) < 4.78 is 0. The van der Waals surface area contributed by atoms with E-state index in [4.69, 9.17) is 11.6 Å². The molecule has 3 rings (SSSR count). The van der Waals surface area contributed by atoms with Gasteiger partial charge in [-0.05, 0) is 48.9 Å². The largest absolute Gasteiger partial charge is 0.371 e. The van der Waals surface area contributed by atoms with Crippen molar-refractivity contribution < 1.29 is 0 Å². The smallest absolute Gasteiger partial charge is 0.0544 e. The van der Waals surface area contributed by atoms with Gasteiger partial charge in [-0.25, -0.2) is 0 Å². The normalized spacial score (nSPS) is 15.4. The molecule has 0 atom stereocenters. The fourth-order valence-electron chi connectivity index (χ4n) is 3.14. The Bertz CT molecular complexity index is 731. The number of pyridine rings is 1. The van der Waals surface area contributed by atoms with Gasteiger partial charge in [0.15, 0.2) is 0 Å². The number of aryl methyl sites for hydroxylation is 1. The van der Waals surface area contributed by atoms with Gasteiger partial charge in [0, 0.05) is 47.4 Å². The zero-order chi connectivity index (χ0) is 17.8. The predicted octanol–water partition coefficient (Wildman–Crippen LogP) is 6.04. The molecule has 0 radical (unpaired) electrons. The highest BCUT2D eigenvalue weighted by molar-refractivity contribution is 7.98. The first kappa shape index (κ1) is 18.3. The molecule has 0 spiro atoms. The Balaban J connectivity index is 1.68. The van der Waals surface area contributed by atoms with E-state index in [1.54, 1.807) is 11.8 Å². The Morgan fingerprint density at radius 1 is 1.32 bits per heavy atom. The minimum Gasteiger partial charge on any atom is -0.371 e. The molecule has 1 aromatic heterocycles. The molecule has 2 heterocycles. The molecule has 25 heavy (non-hydrogen) atoms. The van der Waals surface area contributed by atoms with Crippen LogP contribution >= 0.6 is 23.4 Å². The summed E-state index contributed by atoms with van der Waals surface area (Å²) in [5.74, 6) is 1.68. The van der Waals surface area contributed by atoms with Crippen molar-refractivity contribution >= 4 is 29.1 Å². The molecule has 0 N–H and O–H groups in total. The summed E-state index contributed by atoms with van der Waals surface area (Å²) in [6.07, 6.45) is 6.35. The monoisotopic (exact) mass is 372 g/mol. The number of rotatable bonds is 5. The average molecular weight is 373 g/mol. The molecule has 0 saturated carbocycles. The zero-order valence-electron chi connectivity index (χ0n) is 15.0. The standard InChI is InChI=1S/C21H25ClN2S/c1-15-7-9-24(10-8-15)17(3)19-11-18(12-23-13-19)14-25-21-16(2)5-4-6-20(21)22/h4-6,11-13,15H,3,7-10,14H2,1-2H3. The molecule has 0 aliphatic carbocycles.